The molecular formula is C8H7ClN4OS. The average Bonchev–Trinajstić information content (AvgIpc) is 2.69. The molecule has 0 spiro atoms. The van der Waals surface area contributed by atoms with E-state index in [2.05, 4.69) is 20.3 Å². The van der Waals surface area contributed by atoms with Crippen LogP contribution < -0.4 is 10.1 Å². The van der Waals surface area contributed by atoms with Crippen molar-refractivity contribution in [2.45, 2.75) is 0 Å². The second-order valence-electron chi connectivity index (χ2n) is 2.53. The van der Waals surface area contributed by atoms with Crippen LogP contribution in [0.1, 0.15) is 0 Å². The molecule has 0 amide bonds. The van der Waals surface area contributed by atoms with Gasteiger partial charge < -0.3 is 10.1 Å². The van der Waals surface area contributed by atoms with Crippen LogP contribution in [0.3, 0.4) is 0 Å². The molecule has 78 valence electrons. The predicted molar refractivity (Wildman–Crippen MR) is 59.0 cm³/mol. The Bertz CT molecular complexity index is 448. The van der Waals surface area contributed by atoms with Crippen molar-refractivity contribution < 1.29 is 4.74 Å². The van der Waals surface area contributed by atoms with E-state index in [1.165, 1.54) is 18.4 Å². The Balaban J connectivity index is 2.24. The van der Waals surface area contributed by atoms with E-state index in [4.69, 9.17) is 16.3 Å². The van der Waals surface area contributed by atoms with Crippen molar-refractivity contribution in [1.82, 2.24) is 15.0 Å². The van der Waals surface area contributed by atoms with Crippen LogP contribution in [0.4, 0.5) is 10.9 Å². The zero-order valence-corrected chi connectivity index (χ0v) is 9.34. The first-order valence-electron chi connectivity index (χ1n) is 4.03. The molecule has 5 nitrogen and oxygen atoms in total. The Morgan fingerprint density at radius 3 is 3.00 bits per heavy atom. The summed E-state index contributed by atoms with van der Waals surface area (Å²) in [5.74, 6) is 0.968. The highest BCUT2D eigenvalue weighted by atomic mass is 35.5. The molecule has 0 unspecified atom stereocenters. The summed E-state index contributed by atoms with van der Waals surface area (Å²) < 4.78 is 4.96. The SMILES string of the molecule is COc1cc(Nc2nccs2)nc(Cl)n1. The highest BCUT2D eigenvalue weighted by molar-refractivity contribution is 7.13. The maximum Gasteiger partial charge on any atom is 0.227 e. The Labute approximate surface area is 95.1 Å². The molecule has 2 heterocycles. The minimum atomic E-state index is 0.133. The number of nitrogens with one attached hydrogen (secondary N) is 1. The molecular weight excluding hydrogens is 236 g/mol. The summed E-state index contributed by atoms with van der Waals surface area (Å²) in [5.41, 5.74) is 0. The molecule has 0 aliphatic rings. The zero-order valence-electron chi connectivity index (χ0n) is 7.77. The zero-order chi connectivity index (χ0) is 10.7. The van der Waals surface area contributed by atoms with Crippen LogP contribution in [0.15, 0.2) is 17.6 Å². The molecule has 0 fully saturated rings. The van der Waals surface area contributed by atoms with Gasteiger partial charge in [0.25, 0.3) is 0 Å². The third kappa shape index (κ3) is 2.54. The maximum atomic E-state index is 5.71. The van der Waals surface area contributed by atoms with Crippen molar-refractivity contribution in [1.29, 1.82) is 0 Å². The van der Waals surface area contributed by atoms with Crippen LogP contribution in [-0.4, -0.2) is 22.1 Å². The van der Waals surface area contributed by atoms with Crippen molar-refractivity contribution in [2.24, 2.45) is 0 Å². The quantitative estimate of drug-likeness (QED) is 0.838. The highest BCUT2D eigenvalue weighted by Crippen LogP contribution is 2.21. The number of thiazole rings is 1. The van der Waals surface area contributed by atoms with Crippen molar-refractivity contribution in [3.8, 4) is 5.88 Å². The molecule has 2 aromatic rings. The molecule has 7 heteroatoms. The lowest BCUT2D eigenvalue weighted by Crippen LogP contribution is -1.97. The first-order chi connectivity index (χ1) is 7.28. The monoisotopic (exact) mass is 242 g/mol. The van der Waals surface area contributed by atoms with Gasteiger partial charge in [0.1, 0.15) is 5.82 Å². The Morgan fingerprint density at radius 2 is 2.33 bits per heavy atom. The fraction of sp³-hybridized carbons (Fsp3) is 0.125. The molecule has 0 aliphatic carbocycles. The van der Waals surface area contributed by atoms with Gasteiger partial charge in [-0.3, -0.25) is 0 Å². The fourth-order valence-electron chi connectivity index (χ4n) is 0.960. The summed E-state index contributed by atoms with van der Waals surface area (Å²) in [6, 6.07) is 1.65. The van der Waals surface area contributed by atoms with Crippen LogP contribution in [0.25, 0.3) is 0 Å². The van der Waals surface area contributed by atoms with Crippen LogP contribution in [0.5, 0.6) is 5.88 Å². The first kappa shape index (κ1) is 10.1. The summed E-state index contributed by atoms with van der Waals surface area (Å²) in [6.45, 7) is 0. The van der Waals surface area contributed by atoms with Gasteiger partial charge in [0.15, 0.2) is 5.13 Å². The van der Waals surface area contributed by atoms with Crippen molar-refractivity contribution >= 4 is 33.9 Å². The van der Waals surface area contributed by atoms with Crippen LogP contribution in [0, 0.1) is 0 Å². The molecule has 0 saturated carbocycles. The van der Waals surface area contributed by atoms with Gasteiger partial charge >= 0.3 is 0 Å². The fourth-order valence-corrected chi connectivity index (χ4v) is 1.67. The minimum Gasteiger partial charge on any atom is -0.481 e. The van der Waals surface area contributed by atoms with E-state index < -0.39 is 0 Å². The van der Waals surface area contributed by atoms with E-state index in [0.717, 1.165) is 5.13 Å². The van der Waals surface area contributed by atoms with Gasteiger partial charge in [0.2, 0.25) is 11.2 Å². The molecule has 0 aliphatic heterocycles. The lowest BCUT2D eigenvalue weighted by molar-refractivity contribution is 0.397. The molecule has 0 bridgehead atoms. The van der Waals surface area contributed by atoms with Gasteiger partial charge in [0.05, 0.1) is 7.11 Å². The third-order valence-electron chi connectivity index (χ3n) is 1.55. The smallest absolute Gasteiger partial charge is 0.227 e. The lowest BCUT2D eigenvalue weighted by atomic mass is 10.5. The van der Waals surface area contributed by atoms with E-state index in [-0.39, 0.29) is 5.28 Å². The van der Waals surface area contributed by atoms with E-state index in [0.29, 0.717) is 11.7 Å². The van der Waals surface area contributed by atoms with E-state index in [1.54, 1.807) is 12.3 Å². The average molecular weight is 243 g/mol. The number of halogens is 1. The van der Waals surface area contributed by atoms with Gasteiger partial charge in [-0.05, 0) is 11.6 Å². The number of anilines is 2. The molecule has 2 aromatic heterocycles. The third-order valence-corrected chi connectivity index (χ3v) is 2.41. The van der Waals surface area contributed by atoms with Crippen LogP contribution in [-0.2, 0) is 0 Å². The van der Waals surface area contributed by atoms with Gasteiger partial charge in [-0.1, -0.05) is 0 Å². The Morgan fingerprint density at radius 1 is 1.47 bits per heavy atom. The minimum absolute atomic E-state index is 0.133. The summed E-state index contributed by atoms with van der Waals surface area (Å²) in [6.07, 6.45) is 1.70. The standard InChI is InChI=1S/C8H7ClN4OS/c1-14-6-4-5(11-7(9)13-6)12-8-10-2-3-15-8/h2-4H,1H3,(H,10,11,12,13). The van der Waals surface area contributed by atoms with Crippen molar-refractivity contribution in [3.05, 3.63) is 22.9 Å². The summed E-state index contributed by atoms with van der Waals surface area (Å²) in [7, 11) is 1.52. The van der Waals surface area contributed by atoms with E-state index >= 15 is 0 Å². The molecule has 0 aromatic carbocycles. The van der Waals surface area contributed by atoms with E-state index in [9.17, 15) is 0 Å². The first-order valence-corrected chi connectivity index (χ1v) is 5.29. The van der Waals surface area contributed by atoms with Gasteiger partial charge in [0, 0.05) is 17.6 Å². The number of nitrogens with zero attached hydrogens (tertiary/aromatic N) is 3. The van der Waals surface area contributed by atoms with Gasteiger partial charge in [-0.2, -0.15) is 4.98 Å². The number of rotatable bonds is 3. The summed E-state index contributed by atoms with van der Waals surface area (Å²) >= 11 is 7.18. The molecule has 0 saturated heterocycles. The number of hydrogen-bond donors (Lipinski definition) is 1. The van der Waals surface area contributed by atoms with Gasteiger partial charge in [-0.15, -0.1) is 11.3 Å². The highest BCUT2D eigenvalue weighted by Gasteiger charge is 2.04. The number of methoxy groups -OCH3 is 1. The van der Waals surface area contributed by atoms with Crippen LogP contribution in [0.2, 0.25) is 5.28 Å². The van der Waals surface area contributed by atoms with Gasteiger partial charge in [-0.25, -0.2) is 9.97 Å². The number of ether oxygens (including phenoxy) is 1. The molecule has 0 atom stereocenters. The molecule has 15 heavy (non-hydrogen) atoms. The molecule has 2 rings (SSSR count). The maximum absolute atomic E-state index is 5.71. The van der Waals surface area contributed by atoms with Crippen LogP contribution >= 0.6 is 22.9 Å². The van der Waals surface area contributed by atoms with Crippen molar-refractivity contribution in [2.75, 3.05) is 12.4 Å². The second-order valence-corrected chi connectivity index (χ2v) is 3.76. The Kier molecular flexibility index (Phi) is 2.98. The normalized spacial score (nSPS) is 10.0. The summed E-state index contributed by atoms with van der Waals surface area (Å²) in [5, 5.41) is 5.73. The Hall–Kier alpha value is -1.40. The predicted octanol–water partition coefficient (Wildman–Crippen LogP) is 2.34. The van der Waals surface area contributed by atoms with E-state index in [1.807, 2.05) is 5.38 Å². The largest absolute Gasteiger partial charge is 0.481 e. The second kappa shape index (κ2) is 4.41. The lowest BCUT2D eigenvalue weighted by Gasteiger charge is -2.03. The number of aromatic nitrogens is 3. The molecule has 0 radical (unpaired) electrons. The summed E-state index contributed by atoms with van der Waals surface area (Å²) in [4.78, 5) is 11.9. The number of hydrogen-bond acceptors (Lipinski definition) is 6. The molecule has 1 N–H and O–H groups in total. The van der Waals surface area contributed by atoms with Crippen molar-refractivity contribution in [3.63, 3.8) is 0 Å². The topological polar surface area (TPSA) is 59.9 Å².